The Morgan fingerprint density at radius 3 is 2.20 bits per heavy atom. The third kappa shape index (κ3) is 3.71. The summed E-state index contributed by atoms with van der Waals surface area (Å²) in [6, 6.07) is 3.33. The van der Waals surface area contributed by atoms with Crippen molar-refractivity contribution in [2.75, 3.05) is 20.7 Å². The molecule has 0 spiro atoms. The third-order valence-corrected chi connectivity index (χ3v) is 5.31. The van der Waals surface area contributed by atoms with Gasteiger partial charge in [0.25, 0.3) is 0 Å². The lowest BCUT2D eigenvalue weighted by atomic mass is 10.1. The molecule has 112 valence electrons. The van der Waals surface area contributed by atoms with Crippen LogP contribution in [0.4, 0.5) is 0 Å². The number of aryl methyl sites for hydroxylation is 2. The predicted molar refractivity (Wildman–Crippen MR) is 77.8 cm³/mol. The summed E-state index contributed by atoms with van der Waals surface area (Å²) in [6.07, 6.45) is -0.0223. The lowest BCUT2D eigenvalue weighted by molar-refractivity contribution is -0.111. The molecule has 1 aromatic carbocycles. The summed E-state index contributed by atoms with van der Waals surface area (Å²) in [7, 11) is -0.697. The highest BCUT2D eigenvalue weighted by atomic mass is 35.5. The number of methoxy groups -OCH3 is 1. The van der Waals surface area contributed by atoms with Gasteiger partial charge < -0.3 is 4.74 Å². The van der Waals surface area contributed by atoms with E-state index in [1.54, 1.807) is 26.0 Å². The number of halogens is 1. The van der Waals surface area contributed by atoms with Crippen molar-refractivity contribution in [1.82, 2.24) is 4.31 Å². The molecular formula is C13H18ClNO4S. The predicted octanol–water partition coefficient (Wildman–Crippen LogP) is 2.09. The average Bonchev–Trinajstić information content (AvgIpc) is 2.34. The Kier molecular flexibility index (Phi) is 5.56. The van der Waals surface area contributed by atoms with E-state index in [2.05, 4.69) is 0 Å². The normalized spacial score (nSPS) is 11.7. The molecule has 0 N–H and O–H groups in total. The second kappa shape index (κ2) is 6.56. The Hall–Kier alpha value is -1.11. The number of nitrogens with zero attached hydrogens (tertiary/aromatic N) is 1. The molecule has 0 bridgehead atoms. The van der Waals surface area contributed by atoms with Crippen molar-refractivity contribution in [3.8, 4) is 5.75 Å². The van der Waals surface area contributed by atoms with E-state index in [9.17, 15) is 13.2 Å². The van der Waals surface area contributed by atoms with Crippen LogP contribution >= 0.6 is 11.6 Å². The van der Waals surface area contributed by atoms with E-state index >= 15 is 0 Å². The van der Waals surface area contributed by atoms with E-state index in [0.717, 1.165) is 4.31 Å². The van der Waals surface area contributed by atoms with Crippen molar-refractivity contribution in [3.05, 3.63) is 23.3 Å². The Bertz CT molecular complexity index is 590. The molecule has 0 aliphatic heterocycles. The zero-order valence-electron chi connectivity index (χ0n) is 11.9. The van der Waals surface area contributed by atoms with Crippen molar-refractivity contribution in [2.45, 2.75) is 25.2 Å². The Balaban J connectivity index is 3.19. The lowest BCUT2D eigenvalue weighted by Crippen LogP contribution is -2.29. The molecule has 0 radical (unpaired) electrons. The number of hydrogen-bond acceptors (Lipinski definition) is 4. The molecule has 0 heterocycles. The van der Waals surface area contributed by atoms with E-state index in [4.69, 9.17) is 16.3 Å². The van der Waals surface area contributed by atoms with Gasteiger partial charge in [-0.25, -0.2) is 12.7 Å². The van der Waals surface area contributed by atoms with Crippen molar-refractivity contribution >= 4 is 26.9 Å². The minimum Gasteiger partial charge on any atom is -0.497 e. The van der Waals surface area contributed by atoms with Gasteiger partial charge in [-0.15, -0.1) is 0 Å². The van der Waals surface area contributed by atoms with Gasteiger partial charge in [0.2, 0.25) is 15.3 Å². The average molecular weight is 320 g/mol. The second-order valence-electron chi connectivity index (χ2n) is 4.52. The molecule has 1 rings (SSSR count). The maximum Gasteiger partial charge on any atom is 0.243 e. The van der Waals surface area contributed by atoms with Crippen LogP contribution in [0.3, 0.4) is 0 Å². The van der Waals surface area contributed by atoms with Crippen LogP contribution in [0.25, 0.3) is 0 Å². The van der Waals surface area contributed by atoms with Gasteiger partial charge in [0.15, 0.2) is 0 Å². The van der Waals surface area contributed by atoms with E-state index in [0.29, 0.717) is 16.9 Å². The van der Waals surface area contributed by atoms with Gasteiger partial charge >= 0.3 is 0 Å². The van der Waals surface area contributed by atoms with Crippen LogP contribution < -0.4 is 4.74 Å². The molecule has 1 aromatic rings. The number of carbonyl (C=O) groups is 1. The summed E-state index contributed by atoms with van der Waals surface area (Å²) in [5, 5.41) is -0.560. The fourth-order valence-electron chi connectivity index (χ4n) is 1.96. The molecular weight excluding hydrogens is 302 g/mol. The molecule has 0 aliphatic carbocycles. The van der Waals surface area contributed by atoms with E-state index in [1.165, 1.54) is 14.2 Å². The quantitative estimate of drug-likeness (QED) is 0.753. The van der Waals surface area contributed by atoms with Crippen LogP contribution in [0.2, 0.25) is 0 Å². The standard InChI is InChI=1S/C13H18ClNO4S/c1-9-7-11(19-4)8-10(2)13(9)20(17,18)15(3)6-5-12(14)16/h7-8H,5-6H2,1-4H3. The van der Waals surface area contributed by atoms with Gasteiger partial charge in [0.05, 0.1) is 12.0 Å². The van der Waals surface area contributed by atoms with Gasteiger partial charge in [0.1, 0.15) is 5.75 Å². The monoisotopic (exact) mass is 319 g/mol. The molecule has 20 heavy (non-hydrogen) atoms. The zero-order valence-corrected chi connectivity index (χ0v) is 13.5. The van der Waals surface area contributed by atoms with Crippen molar-refractivity contribution < 1.29 is 17.9 Å². The highest BCUT2D eigenvalue weighted by molar-refractivity contribution is 7.89. The highest BCUT2D eigenvalue weighted by Gasteiger charge is 2.25. The molecule has 0 aromatic heterocycles. The molecule has 5 nitrogen and oxygen atoms in total. The lowest BCUT2D eigenvalue weighted by Gasteiger charge is -2.20. The third-order valence-electron chi connectivity index (χ3n) is 2.96. The largest absolute Gasteiger partial charge is 0.497 e. The first-order valence-electron chi connectivity index (χ1n) is 6.00. The Labute approximate surface area is 124 Å². The van der Waals surface area contributed by atoms with E-state index in [-0.39, 0.29) is 17.9 Å². The van der Waals surface area contributed by atoms with Gasteiger partial charge in [-0.05, 0) is 48.7 Å². The van der Waals surface area contributed by atoms with Crippen LogP contribution in [0, 0.1) is 13.8 Å². The van der Waals surface area contributed by atoms with E-state index < -0.39 is 15.3 Å². The first kappa shape index (κ1) is 16.9. The minimum absolute atomic E-state index is 0.0223. The minimum atomic E-state index is -3.65. The molecule has 0 amide bonds. The fraction of sp³-hybridized carbons (Fsp3) is 0.462. The van der Waals surface area contributed by atoms with Gasteiger partial charge in [0, 0.05) is 20.0 Å². The van der Waals surface area contributed by atoms with E-state index in [1.807, 2.05) is 0 Å². The molecule has 7 heteroatoms. The van der Waals surface area contributed by atoms with Crippen LogP contribution in [-0.2, 0) is 14.8 Å². The molecule has 0 saturated heterocycles. The molecule has 0 unspecified atom stereocenters. The smallest absolute Gasteiger partial charge is 0.243 e. The first-order valence-corrected chi connectivity index (χ1v) is 7.82. The van der Waals surface area contributed by atoms with Crippen molar-refractivity contribution in [2.24, 2.45) is 0 Å². The summed E-state index contributed by atoms with van der Waals surface area (Å²) in [6.45, 7) is 3.47. The van der Waals surface area contributed by atoms with Crippen LogP contribution in [0.15, 0.2) is 17.0 Å². The number of ether oxygens (including phenoxy) is 1. The topological polar surface area (TPSA) is 63.7 Å². The highest BCUT2D eigenvalue weighted by Crippen LogP contribution is 2.27. The number of hydrogen-bond donors (Lipinski definition) is 0. The maximum absolute atomic E-state index is 12.5. The summed E-state index contributed by atoms with van der Waals surface area (Å²) in [5.41, 5.74) is 1.21. The number of benzene rings is 1. The molecule has 0 aliphatic rings. The fourth-order valence-corrected chi connectivity index (χ4v) is 3.62. The summed E-state index contributed by atoms with van der Waals surface area (Å²) >= 11 is 5.24. The maximum atomic E-state index is 12.5. The number of sulfonamides is 1. The SMILES string of the molecule is COc1cc(C)c(S(=O)(=O)N(C)CCC(=O)Cl)c(C)c1. The molecule has 0 atom stereocenters. The summed E-state index contributed by atoms with van der Waals surface area (Å²) in [5.74, 6) is 0.609. The van der Waals surface area contributed by atoms with Crippen LogP contribution in [0.5, 0.6) is 5.75 Å². The van der Waals surface area contributed by atoms with Crippen LogP contribution in [-0.4, -0.2) is 38.7 Å². The molecule has 0 fully saturated rings. The van der Waals surface area contributed by atoms with Gasteiger partial charge in [-0.2, -0.15) is 0 Å². The Morgan fingerprint density at radius 2 is 1.80 bits per heavy atom. The van der Waals surface area contributed by atoms with Gasteiger partial charge in [-0.1, -0.05) is 0 Å². The second-order valence-corrected chi connectivity index (χ2v) is 6.93. The van der Waals surface area contributed by atoms with Gasteiger partial charge in [-0.3, -0.25) is 4.79 Å². The first-order chi connectivity index (χ1) is 9.20. The molecule has 0 saturated carbocycles. The van der Waals surface area contributed by atoms with Crippen molar-refractivity contribution in [3.63, 3.8) is 0 Å². The summed E-state index contributed by atoms with van der Waals surface area (Å²) in [4.78, 5) is 11.0. The summed E-state index contributed by atoms with van der Waals surface area (Å²) < 4.78 is 31.3. The zero-order chi connectivity index (χ0) is 15.5. The van der Waals surface area contributed by atoms with Crippen LogP contribution in [0.1, 0.15) is 17.5 Å². The number of rotatable bonds is 6. The van der Waals surface area contributed by atoms with Crippen molar-refractivity contribution in [1.29, 1.82) is 0 Å². The Morgan fingerprint density at radius 1 is 1.30 bits per heavy atom. The number of carbonyl (C=O) groups excluding carboxylic acids is 1.